The maximum atomic E-state index is 12.3. The van der Waals surface area contributed by atoms with Crippen LogP contribution in [0, 0.1) is 55.4 Å². The number of methoxy groups -OCH3 is 1. The number of carbonyl (C=O) groups is 1. The first-order chi connectivity index (χ1) is 28.4. The molecule has 0 heterocycles. The molecule has 4 atom stereocenters. The van der Waals surface area contributed by atoms with E-state index in [-0.39, 0.29) is 50.1 Å². The van der Waals surface area contributed by atoms with Crippen molar-refractivity contribution in [2.75, 3.05) is 14.2 Å². The fourth-order valence-electron chi connectivity index (χ4n) is 6.81. The molecule has 0 saturated heterocycles. The standard InChI is InChI=1S/C25H27NO3.C24H24N2O.CH4O.Ac/c1-29-25(28)24(27)23(17-20-11-5-2-6-12-20)26(18-21-13-7-3-8-14-21)19-22-15-9-4-10-16-22;25-17-24(27)23(16-20-10-4-1-5-11-20)26(18-21-12-6-2-7-13-21)19-22-14-8-3-9-15-22;1-2;/h2-16,23-24,27H,17-19H2,1H3;1-15,23-24,27H,16,18-19H2;2H,1H3;. The number of nitrogens with zero attached hydrogens (tertiary/aromatic N) is 3. The summed E-state index contributed by atoms with van der Waals surface area (Å²) in [6.07, 6.45) is -1.14. The van der Waals surface area contributed by atoms with Crippen LogP contribution in [0.2, 0.25) is 0 Å². The molecule has 8 nitrogen and oxygen atoms in total. The van der Waals surface area contributed by atoms with Crippen LogP contribution in [0.25, 0.3) is 0 Å². The van der Waals surface area contributed by atoms with Gasteiger partial charge in [0.05, 0.1) is 25.3 Å². The van der Waals surface area contributed by atoms with Crippen LogP contribution in [0.1, 0.15) is 33.4 Å². The Hall–Kier alpha value is -4.48. The third kappa shape index (κ3) is 17.0. The van der Waals surface area contributed by atoms with Gasteiger partial charge in [0.15, 0.2) is 12.2 Å². The molecule has 9 heteroatoms. The molecule has 6 aromatic carbocycles. The van der Waals surface area contributed by atoms with Crippen molar-refractivity contribution in [1.29, 1.82) is 5.26 Å². The topological polar surface area (TPSA) is 117 Å². The van der Waals surface area contributed by atoms with Crippen molar-refractivity contribution in [3.63, 3.8) is 0 Å². The normalized spacial score (nSPS) is 12.5. The van der Waals surface area contributed by atoms with Crippen LogP contribution in [-0.4, -0.2) is 69.6 Å². The van der Waals surface area contributed by atoms with Gasteiger partial charge in [-0.15, -0.1) is 0 Å². The summed E-state index contributed by atoms with van der Waals surface area (Å²) < 4.78 is 4.87. The predicted molar refractivity (Wildman–Crippen MR) is 230 cm³/mol. The Kier molecular flexibility index (Phi) is 23.3. The van der Waals surface area contributed by atoms with Crippen LogP contribution in [-0.2, 0) is 48.6 Å². The maximum Gasteiger partial charge on any atom is 0.336 e. The second-order valence-electron chi connectivity index (χ2n) is 13.8. The summed E-state index contributed by atoms with van der Waals surface area (Å²) in [6.45, 7) is 2.57. The molecule has 0 spiro atoms. The van der Waals surface area contributed by atoms with E-state index in [9.17, 15) is 20.3 Å². The minimum atomic E-state index is -1.24. The predicted octanol–water partition coefficient (Wildman–Crippen LogP) is 7.63. The molecule has 0 aliphatic rings. The zero-order valence-corrected chi connectivity index (χ0v) is 38.7. The van der Waals surface area contributed by atoms with E-state index in [4.69, 9.17) is 9.84 Å². The van der Waals surface area contributed by atoms with Crippen molar-refractivity contribution in [3.05, 3.63) is 215 Å². The van der Waals surface area contributed by atoms with Gasteiger partial charge in [-0.3, -0.25) is 9.80 Å². The van der Waals surface area contributed by atoms with E-state index >= 15 is 0 Å². The summed E-state index contributed by atoms with van der Waals surface area (Å²) >= 11 is 0. The molecule has 3 N–H and O–H groups in total. The number of aliphatic hydroxyl groups is 3. The Morgan fingerprint density at radius 1 is 0.508 bits per heavy atom. The van der Waals surface area contributed by atoms with Crippen LogP contribution in [0.15, 0.2) is 182 Å². The van der Waals surface area contributed by atoms with Gasteiger partial charge in [0.25, 0.3) is 0 Å². The van der Waals surface area contributed by atoms with Gasteiger partial charge < -0.3 is 20.1 Å². The Balaban J connectivity index is 0.000000298. The van der Waals surface area contributed by atoms with Gasteiger partial charge in [-0.05, 0) is 46.2 Å². The Morgan fingerprint density at radius 2 is 0.763 bits per heavy atom. The molecule has 0 aromatic heterocycles. The minimum absolute atomic E-state index is 0. The molecule has 303 valence electrons. The molecule has 0 aliphatic carbocycles. The molecule has 59 heavy (non-hydrogen) atoms. The number of ether oxygens (including phenoxy) is 1. The first kappa shape index (κ1) is 48.9. The molecule has 0 amide bonds. The SMILES string of the molecule is CO.COC(=O)C(O)C(Cc1ccccc1)N(Cc1ccccc1)Cc1ccccc1.N#CC(O)C(Cc1ccccc1)N(Cc1ccccc1)Cc1ccccc1.[Ac]. The molecule has 0 aliphatic heterocycles. The summed E-state index contributed by atoms with van der Waals surface area (Å²) in [5, 5.41) is 37.8. The minimum Gasteiger partial charge on any atom is -0.467 e. The van der Waals surface area contributed by atoms with E-state index < -0.39 is 24.2 Å². The van der Waals surface area contributed by atoms with Gasteiger partial charge in [-0.2, -0.15) is 5.26 Å². The van der Waals surface area contributed by atoms with Crippen LogP contribution < -0.4 is 0 Å². The number of benzene rings is 6. The van der Waals surface area contributed by atoms with E-state index in [0.717, 1.165) is 40.5 Å². The number of esters is 1. The summed E-state index contributed by atoms with van der Waals surface area (Å²) in [4.78, 5) is 16.6. The molecule has 1 radical (unpaired) electrons. The van der Waals surface area contributed by atoms with E-state index in [1.54, 1.807) is 0 Å². The molecule has 6 aromatic rings. The van der Waals surface area contributed by atoms with Gasteiger partial charge >= 0.3 is 5.97 Å². The van der Waals surface area contributed by atoms with Gasteiger partial charge in [-0.25, -0.2) is 4.79 Å². The third-order valence-electron chi connectivity index (χ3n) is 9.73. The molecule has 0 bridgehead atoms. The van der Waals surface area contributed by atoms with Gasteiger partial charge in [-0.1, -0.05) is 182 Å². The number of rotatable bonds is 17. The van der Waals surface area contributed by atoms with Crippen LogP contribution in [0.3, 0.4) is 0 Å². The molecule has 6 rings (SSSR count). The van der Waals surface area contributed by atoms with Crippen LogP contribution in [0.5, 0.6) is 0 Å². The molecule has 4 unspecified atom stereocenters. The number of hydrogen-bond acceptors (Lipinski definition) is 8. The Bertz CT molecular complexity index is 1940. The van der Waals surface area contributed by atoms with E-state index in [1.165, 1.54) is 7.11 Å². The zero-order valence-electron chi connectivity index (χ0n) is 33.9. The Labute approximate surface area is 385 Å². The van der Waals surface area contributed by atoms with E-state index in [1.807, 2.05) is 133 Å². The largest absolute Gasteiger partial charge is 0.467 e. The van der Waals surface area contributed by atoms with E-state index in [2.05, 4.69) is 64.4 Å². The summed E-state index contributed by atoms with van der Waals surface area (Å²) in [5.41, 5.74) is 6.75. The monoisotopic (exact) mass is 1000 g/mol. The molecular formula is C50H55AcN3O5. The molecular weight excluding hydrogens is 950 g/mol. The first-order valence-corrected chi connectivity index (χ1v) is 19.4. The van der Waals surface area contributed by atoms with Crippen molar-refractivity contribution in [2.45, 2.75) is 63.3 Å². The van der Waals surface area contributed by atoms with Crippen molar-refractivity contribution < 1.29 is 68.9 Å². The molecule has 0 fully saturated rings. The average molecular weight is 1010 g/mol. The average Bonchev–Trinajstić information content (AvgIpc) is 3.29. The van der Waals surface area contributed by atoms with Gasteiger partial charge in [0.1, 0.15) is 0 Å². The molecule has 0 saturated carbocycles. The summed E-state index contributed by atoms with van der Waals surface area (Å²) in [7, 11) is 2.31. The summed E-state index contributed by atoms with van der Waals surface area (Å²) in [5.74, 6) is -0.614. The van der Waals surface area contributed by atoms with Gasteiger partial charge in [0, 0.05) is 77.4 Å². The van der Waals surface area contributed by atoms with Crippen LogP contribution >= 0.6 is 0 Å². The van der Waals surface area contributed by atoms with Crippen molar-refractivity contribution in [3.8, 4) is 6.07 Å². The fourth-order valence-corrected chi connectivity index (χ4v) is 6.81. The smallest absolute Gasteiger partial charge is 0.336 e. The second-order valence-corrected chi connectivity index (χ2v) is 13.8. The Morgan fingerprint density at radius 3 is 1.03 bits per heavy atom. The number of aliphatic hydroxyl groups excluding tert-OH is 3. The first-order valence-electron chi connectivity index (χ1n) is 19.4. The van der Waals surface area contributed by atoms with Crippen molar-refractivity contribution in [2.24, 2.45) is 0 Å². The van der Waals surface area contributed by atoms with E-state index in [0.29, 0.717) is 39.0 Å². The summed E-state index contributed by atoms with van der Waals surface area (Å²) in [6, 6.07) is 61.9. The van der Waals surface area contributed by atoms with Gasteiger partial charge in [0.2, 0.25) is 0 Å². The quantitative estimate of drug-likeness (QED) is 0.0632. The third-order valence-corrected chi connectivity index (χ3v) is 9.73. The number of carbonyl (C=O) groups excluding carboxylic acids is 1. The maximum absolute atomic E-state index is 12.3. The van der Waals surface area contributed by atoms with Crippen LogP contribution in [0.4, 0.5) is 0 Å². The van der Waals surface area contributed by atoms with Crippen molar-refractivity contribution >= 4 is 5.97 Å². The number of hydrogen-bond donors (Lipinski definition) is 3. The zero-order chi connectivity index (χ0) is 41.4. The fraction of sp³-hybridized carbons (Fsp3) is 0.240. The number of nitriles is 1. The second kappa shape index (κ2) is 28.1. The van der Waals surface area contributed by atoms with Crippen molar-refractivity contribution in [1.82, 2.24) is 9.80 Å².